The first-order valence-corrected chi connectivity index (χ1v) is 14.6. The molecular formula is C31H26N4O5S. The van der Waals surface area contributed by atoms with Crippen LogP contribution in [0.25, 0.3) is 56.0 Å². The van der Waals surface area contributed by atoms with Crippen LogP contribution in [-0.2, 0) is 10.0 Å². The third-order valence-corrected chi connectivity index (χ3v) is 8.19. The second-order valence-corrected chi connectivity index (χ2v) is 11.8. The van der Waals surface area contributed by atoms with Crippen LogP contribution in [0.1, 0.15) is 15.9 Å². The Hall–Kier alpha value is -4.96. The van der Waals surface area contributed by atoms with E-state index in [1.165, 1.54) is 7.05 Å². The van der Waals surface area contributed by atoms with E-state index >= 15 is 0 Å². The van der Waals surface area contributed by atoms with Gasteiger partial charge in [0.25, 0.3) is 5.91 Å². The molecule has 6 aromatic rings. The molecule has 3 aromatic heterocycles. The zero-order valence-electron chi connectivity index (χ0n) is 22.8. The Morgan fingerprint density at radius 1 is 0.927 bits per heavy atom. The second-order valence-electron chi connectivity index (χ2n) is 9.79. The molecule has 0 unspecified atom stereocenters. The smallest absolute Gasteiger partial charge is 0.255 e. The lowest BCUT2D eigenvalue weighted by Gasteiger charge is -2.20. The minimum Gasteiger partial charge on any atom is -0.455 e. The van der Waals surface area contributed by atoms with E-state index in [0.717, 1.165) is 27.1 Å². The van der Waals surface area contributed by atoms with Gasteiger partial charge in [-0.15, -0.1) is 0 Å². The first-order valence-electron chi connectivity index (χ1n) is 12.8. The number of hydrogen-bond donors (Lipinski definition) is 1. The molecule has 41 heavy (non-hydrogen) atoms. The zero-order valence-corrected chi connectivity index (χ0v) is 23.6. The fraction of sp³-hybridized carbons (Fsp3) is 0.129. The lowest BCUT2D eigenvalue weighted by Crippen LogP contribution is -2.25. The summed E-state index contributed by atoms with van der Waals surface area (Å²) >= 11 is 0. The molecule has 0 aliphatic heterocycles. The van der Waals surface area contributed by atoms with Crippen LogP contribution in [0.4, 0.5) is 5.69 Å². The van der Waals surface area contributed by atoms with E-state index in [-0.39, 0.29) is 5.91 Å². The summed E-state index contributed by atoms with van der Waals surface area (Å²) in [5.74, 6) is 0.568. The molecule has 9 nitrogen and oxygen atoms in total. The fourth-order valence-electron chi connectivity index (χ4n) is 4.76. The minimum absolute atomic E-state index is 0.323. The summed E-state index contributed by atoms with van der Waals surface area (Å²) in [7, 11) is -0.661. The van der Waals surface area contributed by atoms with Crippen molar-refractivity contribution in [2.24, 2.45) is 0 Å². The van der Waals surface area contributed by atoms with Gasteiger partial charge in [-0.3, -0.25) is 14.1 Å². The van der Waals surface area contributed by atoms with E-state index in [1.54, 1.807) is 31.6 Å². The van der Waals surface area contributed by atoms with Gasteiger partial charge in [-0.05, 0) is 25.1 Å². The van der Waals surface area contributed by atoms with Gasteiger partial charge >= 0.3 is 0 Å². The Bertz CT molecular complexity index is 2030. The predicted molar refractivity (Wildman–Crippen MR) is 159 cm³/mol. The van der Waals surface area contributed by atoms with E-state index in [2.05, 4.69) is 10.3 Å². The van der Waals surface area contributed by atoms with Crippen molar-refractivity contribution >= 4 is 43.6 Å². The summed E-state index contributed by atoms with van der Waals surface area (Å²) in [6, 6.07) is 20.5. The molecule has 6 rings (SSSR count). The van der Waals surface area contributed by atoms with Gasteiger partial charge in [-0.25, -0.2) is 13.4 Å². The van der Waals surface area contributed by atoms with Gasteiger partial charge in [0.15, 0.2) is 5.76 Å². The van der Waals surface area contributed by atoms with Gasteiger partial charge in [0, 0.05) is 42.1 Å². The predicted octanol–water partition coefficient (Wildman–Crippen LogP) is 6.03. The summed E-state index contributed by atoms with van der Waals surface area (Å²) in [4.78, 5) is 22.4. The number of aromatic nitrogens is 2. The van der Waals surface area contributed by atoms with Gasteiger partial charge < -0.3 is 14.2 Å². The van der Waals surface area contributed by atoms with Gasteiger partial charge in [0.1, 0.15) is 22.6 Å². The van der Waals surface area contributed by atoms with E-state index in [9.17, 15) is 13.2 Å². The molecule has 0 fully saturated rings. The summed E-state index contributed by atoms with van der Waals surface area (Å²) < 4.78 is 38.8. The van der Waals surface area contributed by atoms with Gasteiger partial charge in [-0.2, -0.15) is 0 Å². The average Bonchev–Trinajstić information content (AvgIpc) is 3.57. The SMILES string of the molecule is CNC(=O)c1c(-c2ccc(C)cc2)oc2cc(N(C)S(C)(=O)=O)c(-c3cncc(-c4cc5ccccc5o4)n3)cc12. The van der Waals surface area contributed by atoms with Crippen LogP contribution in [0.2, 0.25) is 0 Å². The van der Waals surface area contributed by atoms with Gasteiger partial charge in [-0.1, -0.05) is 48.0 Å². The Morgan fingerprint density at radius 2 is 1.66 bits per heavy atom. The number of para-hydroxylation sites is 1. The Morgan fingerprint density at radius 3 is 2.37 bits per heavy atom. The molecule has 0 atom stereocenters. The number of aryl methyl sites for hydroxylation is 1. The third kappa shape index (κ3) is 4.72. The Balaban J connectivity index is 1.61. The van der Waals surface area contributed by atoms with Gasteiger partial charge in [0.05, 0.1) is 35.6 Å². The molecule has 0 radical (unpaired) electrons. The standard InChI is InChI=1S/C31H26N4O5S/c1-18-9-11-19(12-10-18)30-29(31(36)32-2)22-14-21(25(15-27(22)40-30)35(3)41(4,37)38)23-16-33-17-24(34-23)28-13-20-7-5-6-8-26(20)39-28/h5-17H,1-4H3,(H,32,36). The molecule has 0 aliphatic rings. The van der Waals surface area contributed by atoms with E-state index < -0.39 is 10.0 Å². The number of rotatable bonds is 6. The molecule has 1 amide bonds. The van der Waals surface area contributed by atoms with Crippen LogP contribution >= 0.6 is 0 Å². The van der Waals surface area contributed by atoms with Crippen LogP contribution in [0, 0.1) is 6.92 Å². The second kappa shape index (κ2) is 9.90. The molecule has 0 saturated carbocycles. The summed E-state index contributed by atoms with van der Waals surface area (Å²) in [6.45, 7) is 1.97. The molecule has 0 spiro atoms. The summed E-state index contributed by atoms with van der Waals surface area (Å²) in [6.07, 6.45) is 4.25. The van der Waals surface area contributed by atoms with Crippen molar-refractivity contribution < 1.29 is 22.0 Å². The number of sulfonamides is 1. The van der Waals surface area contributed by atoms with Crippen molar-refractivity contribution in [2.75, 3.05) is 24.7 Å². The first-order chi connectivity index (χ1) is 19.6. The van der Waals surface area contributed by atoms with E-state index in [4.69, 9.17) is 13.8 Å². The van der Waals surface area contributed by atoms with Crippen molar-refractivity contribution in [3.63, 3.8) is 0 Å². The number of anilines is 1. The van der Waals surface area contributed by atoms with E-state index in [1.807, 2.05) is 61.5 Å². The number of amides is 1. The van der Waals surface area contributed by atoms with Crippen LogP contribution < -0.4 is 9.62 Å². The number of nitrogens with one attached hydrogen (secondary N) is 1. The number of hydrogen-bond acceptors (Lipinski definition) is 7. The number of carbonyl (C=O) groups is 1. The van der Waals surface area contributed by atoms with Crippen LogP contribution in [-0.4, -0.2) is 44.6 Å². The quantitative estimate of drug-likeness (QED) is 0.261. The fourth-order valence-corrected chi connectivity index (χ4v) is 5.27. The molecule has 0 saturated heterocycles. The molecular weight excluding hydrogens is 540 g/mol. The van der Waals surface area contributed by atoms with Crippen molar-refractivity contribution in [3.8, 4) is 34.0 Å². The largest absolute Gasteiger partial charge is 0.455 e. The topological polar surface area (TPSA) is 119 Å². The Kier molecular flexibility index (Phi) is 6.34. The maximum Gasteiger partial charge on any atom is 0.255 e. The molecule has 10 heteroatoms. The van der Waals surface area contributed by atoms with Crippen molar-refractivity contribution in [1.29, 1.82) is 0 Å². The number of nitrogens with zero attached hydrogens (tertiary/aromatic N) is 3. The summed E-state index contributed by atoms with van der Waals surface area (Å²) in [5.41, 5.74) is 4.84. The number of carbonyl (C=O) groups excluding carboxylic acids is 1. The highest BCUT2D eigenvalue weighted by molar-refractivity contribution is 7.92. The molecule has 206 valence electrons. The molecule has 3 heterocycles. The highest BCUT2D eigenvalue weighted by Crippen LogP contribution is 2.41. The van der Waals surface area contributed by atoms with Crippen LogP contribution in [0.15, 0.2) is 88.0 Å². The molecule has 3 aromatic carbocycles. The number of benzene rings is 3. The van der Waals surface area contributed by atoms with Crippen molar-refractivity contribution in [1.82, 2.24) is 15.3 Å². The van der Waals surface area contributed by atoms with Crippen molar-refractivity contribution in [3.05, 3.63) is 90.3 Å². The first kappa shape index (κ1) is 26.3. The highest BCUT2D eigenvalue weighted by Gasteiger charge is 2.26. The molecule has 0 bridgehead atoms. The van der Waals surface area contributed by atoms with Crippen LogP contribution in [0.5, 0.6) is 0 Å². The molecule has 1 N–H and O–H groups in total. The normalized spacial score (nSPS) is 11.7. The lowest BCUT2D eigenvalue weighted by atomic mass is 10.0. The molecule has 0 aliphatic carbocycles. The zero-order chi connectivity index (χ0) is 28.9. The maximum absolute atomic E-state index is 13.2. The number of furan rings is 2. The maximum atomic E-state index is 13.2. The summed E-state index contributed by atoms with van der Waals surface area (Å²) in [5, 5.41) is 4.13. The van der Waals surface area contributed by atoms with Crippen molar-refractivity contribution in [2.45, 2.75) is 6.92 Å². The lowest BCUT2D eigenvalue weighted by molar-refractivity contribution is 0.0964. The number of fused-ring (bicyclic) bond motifs is 2. The highest BCUT2D eigenvalue weighted by atomic mass is 32.2. The van der Waals surface area contributed by atoms with E-state index in [0.29, 0.717) is 56.3 Å². The minimum atomic E-state index is -3.67. The van der Waals surface area contributed by atoms with Gasteiger partial charge in [0.2, 0.25) is 10.0 Å². The average molecular weight is 567 g/mol. The monoisotopic (exact) mass is 566 g/mol. The van der Waals surface area contributed by atoms with Crippen LogP contribution in [0.3, 0.4) is 0 Å². The third-order valence-electron chi connectivity index (χ3n) is 7.00. The Labute approximate surface area is 236 Å².